The summed E-state index contributed by atoms with van der Waals surface area (Å²) in [5.41, 5.74) is 0.714. The van der Waals surface area contributed by atoms with Gasteiger partial charge in [0.25, 0.3) is 5.91 Å². The van der Waals surface area contributed by atoms with Crippen molar-refractivity contribution in [1.29, 1.82) is 0 Å². The fourth-order valence-corrected chi connectivity index (χ4v) is 2.10. The second kappa shape index (κ2) is 5.28. The van der Waals surface area contributed by atoms with Crippen molar-refractivity contribution in [1.82, 2.24) is 9.97 Å². The molecular formula is C14H11FN4O2. The molecule has 0 unspecified atom stereocenters. The molecule has 7 heteroatoms. The van der Waals surface area contributed by atoms with E-state index in [1.165, 1.54) is 17.2 Å². The van der Waals surface area contributed by atoms with Gasteiger partial charge >= 0.3 is 0 Å². The first-order valence-corrected chi connectivity index (χ1v) is 6.33. The van der Waals surface area contributed by atoms with Crippen LogP contribution in [0.3, 0.4) is 0 Å². The van der Waals surface area contributed by atoms with E-state index >= 15 is 0 Å². The van der Waals surface area contributed by atoms with Crippen LogP contribution >= 0.6 is 0 Å². The van der Waals surface area contributed by atoms with Crippen molar-refractivity contribution in [3.05, 3.63) is 48.2 Å². The zero-order chi connectivity index (χ0) is 14.8. The summed E-state index contributed by atoms with van der Waals surface area (Å²) in [6.45, 7) is 0.200. The van der Waals surface area contributed by atoms with Crippen molar-refractivity contribution >= 4 is 23.3 Å². The third-order valence-electron chi connectivity index (χ3n) is 3.10. The van der Waals surface area contributed by atoms with Gasteiger partial charge < -0.3 is 5.32 Å². The lowest BCUT2D eigenvalue weighted by Crippen LogP contribution is -2.32. The van der Waals surface area contributed by atoms with Crippen molar-refractivity contribution in [3.63, 3.8) is 0 Å². The van der Waals surface area contributed by atoms with Crippen molar-refractivity contribution in [2.75, 3.05) is 16.8 Å². The number of fused-ring (bicyclic) bond motifs is 1. The van der Waals surface area contributed by atoms with E-state index in [9.17, 15) is 14.0 Å². The van der Waals surface area contributed by atoms with E-state index in [0.717, 1.165) is 6.07 Å². The fourth-order valence-electron chi connectivity index (χ4n) is 2.10. The molecule has 0 bridgehead atoms. The van der Waals surface area contributed by atoms with Crippen LogP contribution < -0.4 is 10.2 Å². The van der Waals surface area contributed by atoms with E-state index in [2.05, 4.69) is 15.3 Å². The number of hydrogen-bond donors (Lipinski definition) is 1. The minimum Gasteiger partial charge on any atom is -0.323 e. The Bertz CT molecular complexity index is 702. The molecule has 2 aromatic heterocycles. The molecule has 3 rings (SSSR count). The SMILES string of the molecule is O=C1CCN(C(=O)c2ccc(F)nc2)c2ncccc2N1. The second-order valence-electron chi connectivity index (χ2n) is 4.50. The molecule has 1 aliphatic heterocycles. The van der Waals surface area contributed by atoms with Gasteiger partial charge in [0, 0.05) is 25.4 Å². The Labute approximate surface area is 119 Å². The zero-order valence-corrected chi connectivity index (χ0v) is 10.9. The number of nitrogens with zero attached hydrogens (tertiary/aromatic N) is 3. The number of halogens is 1. The summed E-state index contributed by atoms with van der Waals surface area (Å²) >= 11 is 0. The van der Waals surface area contributed by atoms with Crippen LogP contribution in [0.5, 0.6) is 0 Å². The smallest absolute Gasteiger partial charge is 0.261 e. The number of hydrogen-bond acceptors (Lipinski definition) is 4. The highest BCUT2D eigenvalue weighted by atomic mass is 19.1. The van der Waals surface area contributed by atoms with Crippen molar-refractivity contribution < 1.29 is 14.0 Å². The molecule has 0 aromatic carbocycles. The number of amides is 2. The summed E-state index contributed by atoms with van der Waals surface area (Å²) < 4.78 is 12.8. The lowest BCUT2D eigenvalue weighted by molar-refractivity contribution is -0.115. The Kier molecular flexibility index (Phi) is 3.31. The molecule has 0 atom stereocenters. The summed E-state index contributed by atoms with van der Waals surface area (Å²) in [5.74, 6) is -0.841. The molecule has 21 heavy (non-hydrogen) atoms. The second-order valence-corrected chi connectivity index (χ2v) is 4.50. The molecule has 0 aliphatic carbocycles. The number of pyridine rings is 2. The number of carbonyl (C=O) groups excluding carboxylic acids is 2. The first-order valence-electron chi connectivity index (χ1n) is 6.33. The van der Waals surface area contributed by atoms with Gasteiger partial charge in [-0.2, -0.15) is 4.39 Å². The summed E-state index contributed by atoms with van der Waals surface area (Å²) in [7, 11) is 0. The molecule has 1 N–H and O–H groups in total. The van der Waals surface area contributed by atoms with E-state index in [4.69, 9.17) is 0 Å². The minimum absolute atomic E-state index is 0.163. The van der Waals surface area contributed by atoms with E-state index in [1.807, 2.05) is 0 Å². The maximum atomic E-state index is 12.8. The number of anilines is 2. The predicted octanol–water partition coefficient (Wildman–Crippen LogP) is 1.60. The van der Waals surface area contributed by atoms with Crippen LogP contribution in [0.1, 0.15) is 16.8 Å². The quantitative estimate of drug-likeness (QED) is 0.808. The Morgan fingerprint density at radius 2 is 2.14 bits per heavy atom. The molecule has 3 heterocycles. The molecule has 106 valence electrons. The monoisotopic (exact) mass is 286 g/mol. The minimum atomic E-state index is -0.655. The maximum Gasteiger partial charge on any atom is 0.261 e. The van der Waals surface area contributed by atoms with Gasteiger partial charge in [0.15, 0.2) is 5.82 Å². The van der Waals surface area contributed by atoms with Gasteiger partial charge in [-0.25, -0.2) is 9.97 Å². The molecule has 0 saturated carbocycles. The van der Waals surface area contributed by atoms with Crippen LogP contribution in [-0.2, 0) is 4.79 Å². The Hall–Kier alpha value is -2.83. The van der Waals surface area contributed by atoms with Crippen LogP contribution in [0.15, 0.2) is 36.7 Å². The molecule has 1 aliphatic rings. The number of nitrogens with one attached hydrogen (secondary N) is 1. The largest absolute Gasteiger partial charge is 0.323 e. The maximum absolute atomic E-state index is 12.8. The van der Waals surface area contributed by atoms with Gasteiger partial charge in [0.05, 0.1) is 11.3 Å². The Morgan fingerprint density at radius 3 is 2.90 bits per heavy atom. The van der Waals surface area contributed by atoms with Crippen LogP contribution in [0.2, 0.25) is 0 Å². The highest BCUT2D eigenvalue weighted by molar-refractivity contribution is 6.09. The van der Waals surface area contributed by atoms with Gasteiger partial charge in [-0.05, 0) is 24.3 Å². The Balaban J connectivity index is 1.99. The molecular weight excluding hydrogens is 275 g/mol. The van der Waals surface area contributed by atoms with Crippen molar-refractivity contribution in [3.8, 4) is 0 Å². The van der Waals surface area contributed by atoms with Gasteiger partial charge in [0.1, 0.15) is 0 Å². The predicted molar refractivity (Wildman–Crippen MR) is 73.4 cm³/mol. The molecule has 0 fully saturated rings. The van der Waals surface area contributed by atoms with Gasteiger partial charge in [0.2, 0.25) is 11.9 Å². The molecule has 0 saturated heterocycles. The van der Waals surface area contributed by atoms with Crippen LogP contribution in [0.4, 0.5) is 15.9 Å². The first-order chi connectivity index (χ1) is 10.1. The molecule has 0 radical (unpaired) electrons. The lowest BCUT2D eigenvalue weighted by atomic mass is 10.2. The zero-order valence-electron chi connectivity index (χ0n) is 10.9. The summed E-state index contributed by atoms with van der Waals surface area (Å²) in [6.07, 6.45) is 2.87. The average Bonchev–Trinajstić information content (AvgIpc) is 2.65. The van der Waals surface area contributed by atoms with Gasteiger partial charge in [-0.1, -0.05) is 0 Å². The van der Waals surface area contributed by atoms with Crippen LogP contribution in [0, 0.1) is 5.95 Å². The third-order valence-corrected chi connectivity index (χ3v) is 3.10. The Morgan fingerprint density at radius 1 is 1.29 bits per heavy atom. The average molecular weight is 286 g/mol. The fraction of sp³-hybridized carbons (Fsp3) is 0.143. The number of carbonyl (C=O) groups is 2. The van der Waals surface area contributed by atoms with Crippen molar-refractivity contribution in [2.45, 2.75) is 6.42 Å². The molecule has 0 spiro atoms. The highest BCUT2D eigenvalue weighted by Gasteiger charge is 2.26. The third kappa shape index (κ3) is 2.58. The van der Waals surface area contributed by atoms with Crippen molar-refractivity contribution in [2.24, 2.45) is 0 Å². The summed E-state index contributed by atoms with van der Waals surface area (Å²) in [5, 5.41) is 2.70. The summed E-state index contributed by atoms with van der Waals surface area (Å²) in [4.78, 5) is 33.2. The van der Waals surface area contributed by atoms with Gasteiger partial charge in [-0.3, -0.25) is 14.5 Å². The molecule has 6 nitrogen and oxygen atoms in total. The lowest BCUT2D eigenvalue weighted by Gasteiger charge is -2.20. The van der Waals surface area contributed by atoms with Crippen LogP contribution in [0.25, 0.3) is 0 Å². The first kappa shape index (κ1) is 13.2. The van der Waals surface area contributed by atoms with E-state index in [1.54, 1.807) is 18.3 Å². The van der Waals surface area contributed by atoms with E-state index in [0.29, 0.717) is 11.5 Å². The van der Waals surface area contributed by atoms with Gasteiger partial charge in [-0.15, -0.1) is 0 Å². The highest BCUT2D eigenvalue weighted by Crippen LogP contribution is 2.27. The van der Waals surface area contributed by atoms with E-state index in [-0.39, 0.29) is 30.3 Å². The normalized spacial score (nSPS) is 14.1. The number of rotatable bonds is 1. The molecule has 2 amide bonds. The summed E-state index contributed by atoms with van der Waals surface area (Å²) in [6, 6.07) is 5.82. The number of aromatic nitrogens is 2. The topological polar surface area (TPSA) is 75.2 Å². The van der Waals surface area contributed by atoms with E-state index < -0.39 is 5.95 Å². The standard InChI is InChI=1S/C14H11FN4O2/c15-11-4-3-9(8-17-11)14(21)19-7-5-12(20)18-10-2-1-6-16-13(10)19/h1-4,6,8H,5,7H2,(H,18,20). The molecule has 2 aromatic rings. The van der Waals surface area contributed by atoms with Crippen LogP contribution in [-0.4, -0.2) is 28.3 Å².